The van der Waals surface area contributed by atoms with Crippen LogP contribution in [0.3, 0.4) is 0 Å². The monoisotopic (exact) mass is 328 g/mol. The number of carbonyl (C=O) groups is 1. The molecule has 2 aromatic carbocycles. The molecular formula is C18H20N2O2S. The topological polar surface area (TPSA) is 50.4 Å². The molecule has 4 nitrogen and oxygen atoms in total. The number of hydrogen-bond acceptors (Lipinski definition) is 3. The number of amides is 1. The molecule has 0 aliphatic heterocycles. The number of ether oxygens (including phenoxy) is 1. The average molecular weight is 328 g/mol. The van der Waals surface area contributed by atoms with E-state index in [2.05, 4.69) is 10.6 Å². The van der Waals surface area contributed by atoms with Crippen molar-refractivity contribution in [2.45, 2.75) is 19.9 Å². The summed E-state index contributed by atoms with van der Waals surface area (Å²) in [7, 11) is 0. The molecule has 0 radical (unpaired) electrons. The van der Waals surface area contributed by atoms with Gasteiger partial charge in [-0.05, 0) is 43.7 Å². The van der Waals surface area contributed by atoms with Gasteiger partial charge in [-0.1, -0.05) is 42.5 Å². The second kappa shape index (κ2) is 8.29. The second-order valence-corrected chi connectivity index (χ2v) is 5.43. The third-order valence-corrected chi connectivity index (χ3v) is 3.58. The van der Waals surface area contributed by atoms with Crippen LogP contribution in [0, 0.1) is 0 Å². The molecule has 0 aromatic heterocycles. The van der Waals surface area contributed by atoms with Gasteiger partial charge < -0.3 is 15.4 Å². The minimum Gasteiger partial charge on any atom is -0.494 e. The normalized spacial score (nSPS) is 11.4. The molecule has 2 N–H and O–H groups in total. The molecule has 2 aromatic rings. The van der Waals surface area contributed by atoms with E-state index in [4.69, 9.17) is 17.0 Å². The number of benzene rings is 2. The largest absolute Gasteiger partial charge is 0.494 e. The molecule has 0 heterocycles. The van der Waals surface area contributed by atoms with Crippen molar-refractivity contribution in [2.75, 3.05) is 11.9 Å². The van der Waals surface area contributed by atoms with E-state index in [0.29, 0.717) is 12.3 Å². The molecular weight excluding hydrogens is 308 g/mol. The third-order valence-electron chi connectivity index (χ3n) is 3.28. The van der Waals surface area contributed by atoms with E-state index in [9.17, 15) is 4.79 Å². The zero-order valence-electron chi connectivity index (χ0n) is 13.2. The first-order chi connectivity index (χ1) is 11.1. The van der Waals surface area contributed by atoms with Crippen molar-refractivity contribution in [3.05, 3.63) is 60.2 Å². The number of carbonyl (C=O) groups excluding carboxylic acids is 1. The molecule has 23 heavy (non-hydrogen) atoms. The highest BCUT2D eigenvalue weighted by Gasteiger charge is 2.13. The Balaban J connectivity index is 1.91. The molecule has 0 fully saturated rings. The molecule has 1 amide bonds. The van der Waals surface area contributed by atoms with Crippen LogP contribution in [-0.2, 0) is 4.79 Å². The fourth-order valence-corrected chi connectivity index (χ4v) is 2.30. The standard InChI is InChI=1S/C18H20N2O2S/c1-3-22-16-11-9-15(10-12-16)20-17(21)18(23)19-13(2)14-7-5-4-6-8-14/h4-13H,3H2,1-2H3,(H,19,23)(H,20,21)/t13-/m1/s1. The fraction of sp³-hybridized carbons (Fsp3) is 0.222. The van der Waals surface area contributed by atoms with Gasteiger partial charge in [-0.25, -0.2) is 0 Å². The molecule has 1 atom stereocenters. The molecule has 0 aliphatic rings. The summed E-state index contributed by atoms with van der Waals surface area (Å²) in [6.45, 7) is 4.50. The van der Waals surface area contributed by atoms with E-state index >= 15 is 0 Å². The molecule has 5 heteroatoms. The first-order valence-corrected chi connectivity index (χ1v) is 7.90. The number of rotatable bonds is 5. The Bertz CT molecular complexity index is 656. The van der Waals surface area contributed by atoms with Crippen LogP contribution < -0.4 is 15.4 Å². The third kappa shape index (κ3) is 5.07. The molecule has 0 spiro atoms. The van der Waals surface area contributed by atoms with Gasteiger partial charge in [0.15, 0.2) is 4.99 Å². The van der Waals surface area contributed by atoms with Gasteiger partial charge in [0.1, 0.15) is 5.75 Å². The minimum absolute atomic E-state index is 0.0326. The second-order valence-electron chi connectivity index (χ2n) is 5.02. The lowest BCUT2D eigenvalue weighted by Gasteiger charge is -2.16. The number of nitrogens with one attached hydrogen (secondary N) is 2. The van der Waals surface area contributed by atoms with Crippen LogP contribution >= 0.6 is 12.2 Å². The summed E-state index contributed by atoms with van der Waals surface area (Å²) >= 11 is 5.17. The van der Waals surface area contributed by atoms with Gasteiger partial charge >= 0.3 is 0 Å². The van der Waals surface area contributed by atoms with Crippen molar-refractivity contribution in [3.63, 3.8) is 0 Å². The van der Waals surface area contributed by atoms with Gasteiger partial charge in [0, 0.05) is 11.7 Å². The molecule has 120 valence electrons. The van der Waals surface area contributed by atoms with Gasteiger partial charge in [-0.15, -0.1) is 0 Å². The predicted molar refractivity (Wildman–Crippen MR) is 96.8 cm³/mol. The quantitative estimate of drug-likeness (QED) is 0.822. The van der Waals surface area contributed by atoms with Crippen molar-refractivity contribution in [1.82, 2.24) is 5.32 Å². The lowest BCUT2D eigenvalue weighted by molar-refractivity contribution is -0.110. The summed E-state index contributed by atoms with van der Waals surface area (Å²) in [5.74, 6) is 0.441. The van der Waals surface area contributed by atoms with Crippen LogP contribution in [0.1, 0.15) is 25.5 Å². The summed E-state index contributed by atoms with van der Waals surface area (Å²) in [4.78, 5) is 12.3. The van der Waals surface area contributed by atoms with E-state index in [0.717, 1.165) is 11.3 Å². The fourth-order valence-electron chi connectivity index (χ4n) is 2.08. The Labute approximate surface area is 141 Å². The number of thiocarbonyl (C=S) groups is 1. The molecule has 0 aliphatic carbocycles. The Morgan fingerprint density at radius 1 is 1.13 bits per heavy atom. The maximum atomic E-state index is 12.1. The lowest BCUT2D eigenvalue weighted by Crippen LogP contribution is -2.35. The lowest BCUT2D eigenvalue weighted by atomic mass is 10.1. The van der Waals surface area contributed by atoms with Crippen LogP contribution in [0.15, 0.2) is 54.6 Å². The van der Waals surface area contributed by atoms with Crippen molar-refractivity contribution < 1.29 is 9.53 Å². The van der Waals surface area contributed by atoms with Gasteiger partial charge in [0.25, 0.3) is 5.91 Å². The minimum atomic E-state index is -0.327. The summed E-state index contributed by atoms with van der Waals surface area (Å²) in [6.07, 6.45) is 0. The van der Waals surface area contributed by atoms with E-state index in [1.165, 1.54) is 0 Å². The van der Waals surface area contributed by atoms with Gasteiger partial charge in [-0.3, -0.25) is 4.79 Å². The van der Waals surface area contributed by atoms with E-state index < -0.39 is 0 Å². The van der Waals surface area contributed by atoms with Crippen molar-refractivity contribution >= 4 is 28.8 Å². The van der Waals surface area contributed by atoms with Crippen LogP contribution in [0.25, 0.3) is 0 Å². The van der Waals surface area contributed by atoms with Crippen LogP contribution in [0.4, 0.5) is 5.69 Å². The maximum absolute atomic E-state index is 12.1. The Morgan fingerprint density at radius 2 is 1.78 bits per heavy atom. The van der Waals surface area contributed by atoms with Gasteiger partial charge in [0.05, 0.1) is 6.61 Å². The summed E-state index contributed by atoms with van der Waals surface area (Å²) in [5.41, 5.74) is 1.75. The van der Waals surface area contributed by atoms with Crippen molar-refractivity contribution in [1.29, 1.82) is 0 Å². The van der Waals surface area contributed by atoms with Gasteiger partial charge in [0.2, 0.25) is 0 Å². The molecule has 0 saturated heterocycles. The highest BCUT2D eigenvalue weighted by molar-refractivity contribution is 7.82. The van der Waals surface area contributed by atoms with E-state index in [1.807, 2.05) is 56.3 Å². The predicted octanol–water partition coefficient (Wildman–Crippen LogP) is 3.70. The maximum Gasteiger partial charge on any atom is 0.283 e. The number of hydrogen-bond donors (Lipinski definition) is 2. The Kier molecular flexibility index (Phi) is 6.11. The summed E-state index contributed by atoms with van der Waals surface area (Å²) < 4.78 is 5.36. The molecule has 0 bridgehead atoms. The first kappa shape index (κ1) is 17.0. The highest BCUT2D eigenvalue weighted by atomic mass is 32.1. The Morgan fingerprint density at radius 3 is 2.39 bits per heavy atom. The molecule has 2 rings (SSSR count). The van der Waals surface area contributed by atoms with Crippen LogP contribution in [-0.4, -0.2) is 17.5 Å². The number of anilines is 1. The summed E-state index contributed by atoms with van der Waals surface area (Å²) in [5, 5.41) is 5.81. The van der Waals surface area contributed by atoms with Crippen LogP contribution in [0.5, 0.6) is 5.75 Å². The van der Waals surface area contributed by atoms with Crippen LogP contribution in [0.2, 0.25) is 0 Å². The first-order valence-electron chi connectivity index (χ1n) is 7.49. The Hall–Kier alpha value is -2.40. The van der Waals surface area contributed by atoms with E-state index in [1.54, 1.807) is 12.1 Å². The van der Waals surface area contributed by atoms with Crippen molar-refractivity contribution in [2.24, 2.45) is 0 Å². The molecule has 0 saturated carbocycles. The van der Waals surface area contributed by atoms with Crippen molar-refractivity contribution in [3.8, 4) is 5.75 Å². The van der Waals surface area contributed by atoms with Gasteiger partial charge in [-0.2, -0.15) is 0 Å². The zero-order chi connectivity index (χ0) is 16.7. The highest BCUT2D eigenvalue weighted by Crippen LogP contribution is 2.16. The zero-order valence-corrected chi connectivity index (χ0v) is 14.0. The molecule has 0 unspecified atom stereocenters. The SMILES string of the molecule is CCOc1ccc(NC(=O)C(=S)N[C@H](C)c2ccccc2)cc1. The average Bonchev–Trinajstić information content (AvgIpc) is 2.57. The smallest absolute Gasteiger partial charge is 0.283 e. The summed E-state index contributed by atoms with van der Waals surface area (Å²) in [6, 6.07) is 17.0. The van der Waals surface area contributed by atoms with E-state index in [-0.39, 0.29) is 16.9 Å².